The monoisotopic (exact) mass is 342 g/mol. The summed E-state index contributed by atoms with van der Waals surface area (Å²) in [5.74, 6) is -0.162. The quantitative estimate of drug-likeness (QED) is 0.686. The largest absolute Gasteiger partial charge is 0.383 e. The number of nitrogens with zero attached hydrogens (tertiary/aromatic N) is 2. The van der Waals surface area contributed by atoms with Crippen molar-refractivity contribution in [3.8, 4) is 0 Å². The lowest BCUT2D eigenvalue weighted by Gasteiger charge is -2.21. The molecule has 0 radical (unpaired) electrons. The number of ether oxygens (including phenoxy) is 1. The van der Waals surface area contributed by atoms with Gasteiger partial charge in [0, 0.05) is 44.3 Å². The third-order valence-electron chi connectivity index (χ3n) is 3.88. The maximum Gasteiger partial charge on any atom is 0.253 e. The van der Waals surface area contributed by atoms with E-state index in [1.54, 1.807) is 25.6 Å². The molecule has 0 aliphatic heterocycles. The topological polar surface area (TPSA) is 66.5 Å². The smallest absolute Gasteiger partial charge is 0.253 e. The first-order chi connectivity index (χ1) is 12.2. The van der Waals surface area contributed by atoms with Crippen molar-refractivity contribution in [2.24, 2.45) is 0 Å². The number of aromatic nitrogens is 1. The van der Waals surface area contributed by atoms with Crippen LogP contribution in [0.1, 0.15) is 24.2 Å². The Bertz CT molecular complexity index is 669. The Hall–Kier alpha value is -2.60. The summed E-state index contributed by atoms with van der Waals surface area (Å²) >= 11 is 0. The predicted molar refractivity (Wildman–Crippen MR) is 102 cm³/mol. The molecule has 0 saturated heterocycles. The van der Waals surface area contributed by atoms with Crippen molar-refractivity contribution >= 4 is 23.0 Å². The molecule has 6 heteroatoms. The van der Waals surface area contributed by atoms with Crippen molar-refractivity contribution in [3.63, 3.8) is 0 Å². The fraction of sp³-hybridized carbons (Fsp3) is 0.368. The van der Waals surface area contributed by atoms with Gasteiger partial charge in [0.1, 0.15) is 0 Å². The Kier molecular flexibility index (Phi) is 7.22. The van der Waals surface area contributed by atoms with Crippen LogP contribution in [0.5, 0.6) is 0 Å². The van der Waals surface area contributed by atoms with E-state index < -0.39 is 0 Å². The van der Waals surface area contributed by atoms with Crippen LogP contribution in [0, 0.1) is 0 Å². The van der Waals surface area contributed by atoms with Gasteiger partial charge in [0.15, 0.2) is 0 Å². The third-order valence-corrected chi connectivity index (χ3v) is 3.88. The van der Waals surface area contributed by atoms with Crippen molar-refractivity contribution < 1.29 is 9.53 Å². The van der Waals surface area contributed by atoms with E-state index in [0.29, 0.717) is 18.7 Å². The number of hydrogen-bond acceptors (Lipinski definition) is 5. The van der Waals surface area contributed by atoms with Gasteiger partial charge in [-0.3, -0.25) is 9.78 Å². The number of methoxy groups -OCH3 is 1. The summed E-state index contributed by atoms with van der Waals surface area (Å²) in [4.78, 5) is 18.5. The second kappa shape index (κ2) is 9.64. The molecule has 0 aliphatic carbocycles. The molecule has 1 amide bonds. The maximum atomic E-state index is 12.1. The van der Waals surface area contributed by atoms with E-state index in [1.807, 2.05) is 12.1 Å². The van der Waals surface area contributed by atoms with E-state index in [1.165, 1.54) is 5.69 Å². The highest BCUT2D eigenvalue weighted by Gasteiger charge is 2.07. The summed E-state index contributed by atoms with van der Waals surface area (Å²) < 4.78 is 4.93. The van der Waals surface area contributed by atoms with Crippen LogP contribution < -0.4 is 15.5 Å². The van der Waals surface area contributed by atoms with Crippen molar-refractivity contribution in [1.29, 1.82) is 0 Å². The Balaban J connectivity index is 2.03. The molecule has 134 valence electrons. The van der Waals surface area contributed by atoms with Gasteiger partial charge in [-0.05, 0) is 44.2 Å². The van der Waals surface area contributed by atoms with E-state index in [0.717, 1.165) is 24.5 Å². The van der Waals surface area contributed by atoms with Crippen molar-refractivity contribution in [3.05, 3.63) is 48.3 Å². The van der Waals surface area contributed by atoms with Gasteiger partial charge in [-0.2, -0.15) is 0 Å². The first-order valence-corrected chi connectivity index (χ1v) is 8.52. The molecule has 25 heavy (non-hydrogen) atoms. The highest BCUT2D eigenvalue weighted by atomic mass is 16.5. The van der Waals surface area contributed by atoms with Crippen LogP contribution in [0.25, 0.3) is 0 Å². The normalized spacial score (nSPS) is 10.4. The van der Waals surface area contributed by atoms with E-state index in [-0.39, 0.29) is 5.91 Å². The Morgan fingerprint density at radius 3 is 2.48 bits per heavy atom. The molecule has 0 spiro atoms. The van der Waals surface area contributed by atoms with Crippen molar-refractivity contribution in [2.75, 3.05) is 43.6 Å². The fourth-order valence-corrected chi connectivity index (χ4v) is 2.51. The van der Waals surface area contributed by atoms with E-state index in [4.69, 9.17) is 4.74 Å². The molecular weight excluding hydrogens is 316 g/mol. The molecule has 0 aliphatic rings. The number of hydrogen-bond donors (Lipinski definition) is 2. The second-order valence-corrected chi connectivity index (χ2v) is 5.56. The first kappa shape index (κ1) is 18.7. The minimum absolute atomic E-state index is 0.162. The predicted octanol–water partition coefficient (Wildman–Crippen LogP) is 3.05. The van der Waals surface area contributed by atoms with Crippen LogP contribution in [0.4, 0.5) is 17.1 Å². The third kappa shape index (κ3) is 5.46. The number of benzene rings is 1. The lowest BCUT2D eigenvalue weighted by atomic mass is 10.2. The number of pyridine rings is 1. The standard InChI is InChI=1S/C19H26N4O2/c1-4-23(5-2)18-8-6-16(7-9-18)22-17-12-15(13-20-14-17)19(24)21-10-11-25-3/h6-9,12-14,22H,4-5,10-11H2,1-3H3,(H,21,24). The maximum absolute atomic E-state index is 12.1. The molecule has 0 fully saturated rings. The Labute approximate surface area is 149 Å². The van der Waals surface area contributed by atoms with E-state index in [9.17, 15) is 4.79 Å². The number of anilines is 3. The molecule has 0 unspecified atom stereocenters. The molecule has 1 aromatic heterocycles. The zero-order chi connectivity index (χ0) is 18.1. The van der Waals surface area contributed by atoms with Crippen LogP contribution in [0.15, 0.2) is 42.7 Å². The molecular formula is C19H26N4O2. The number of carbonyl (C=O) groups excluding carboxylic acids is 1. The highest BCUT2D eigenvalue weighted by molar-refractivity contribution is 5.94. The number of nitrogens with one attached hydrogen (secondary N) is 2. The zero-order valence-electron chi connectivity index (χ0n) is 15.1. The fourth-order valence-electron chi connectivity index (χ4n) is 2.51. The minimum Gasteiger partial charge on any atom is -0.383 e. The van der Waals surface area contributed by atoms with Crippen molar-refractivity contribution in [2.45, 2.75) is 13.8 Å². The van der Waals surface area contributed by atoms with Gasteiger partial charge in [0.05, 0.1) is 24.1 Å². The summed E-state index contributed by atoms with van der Waals surface area (Å²) in [6, 6.07) is 10.0. The molecule has 6 nitrogen and oxygen atoms in total. The van der Waals surface area contributed by atoms with Gasteiger partial charge >= 0.3 is 0 Å². The van der Waals surface area contributed by atoms with Crippen LogP contribution in [-0.2, 0) is 4.74 Å². The SMILES string of the molecule is CCN(CC)c1ccc(Nc2cncc(C(=O)NCCOC)c2)cc1. The molecule has 2 rings (SSSR count). The summed E-state index contributed by atoms with van der Waals surface area (Å²) in [5, 5.41) is 6.07. The van der Waals surface area contributed by atoms with Gasteiger partial charge < -0.3 is 20.3 Å². The average molecular weight is 342 g/mol. The zero-order valence-corrected chi connectivity index (χ0v) is 15.1. The lowest BCUT2D eigenvalue weighted by Crippen LogP contribution is -2.27. The number of rotatable bonds is 9. The van der Waals surface area contributed by atoms with Crippen LogP contribution in [0.2, 0.25) is 0 Å². The highest BCUT2D eigenvalue weighted by Crippen LogP contribution is 2.21. The van der Waals surface area contributed by atoms with E-state index >= 15 is 0 Å². The number of amides is 1. The van der Waals surface area contributed by atoms with Crippen LogP contribution >= 0.6 is 0 Å². The summed E-state index contributed by atoms with van der Waals surface area (Å²) in [6.07, 6.45) is 3.25. The van der Waals surface area contributed by atoms with Gasteiger partial charge in [-0.15, -0.1) is 0 Å². The second-order valence-electron chi connectivity index (χ2n) is 5.56. The Morgan fingerprint density at radius 1 is 1.12 bits per heavy atom. The van der Waals surface area contributed by atoms with Gasteiger partial charge in [0.2, 0.25) is 0 Å². The summed E-state index contributed by atoms with van der Waals surface area (Å²) in [5.41, 5.74) is 3.44. The van der Waals surface area contributed by atoms with Crippen LogP contribution in [0.3, 0.4) is 0 Å². The lowest BCUT2D eigenvalue weighted by molar-refractivity contribution is 0.0937. The van der Waals surface area contributed by atoms with Crippen molar-refractivity contribution in [1.82, 2.24) is 10.3 Å². The molecule has 1 aromatic carbocycles. The van der Waals surface area contributed by atoms with Crippen LogP contribution in [-0.4, -0.2) is 44.2 Å². The summed E-state index contributed by atoms with van der Waals surface area (Å²) in [6.45, 7) is 7.20. The molecule has 0 saturated carbocycles. The number of carbonyl (C=O) groups is 1. The van der Waals surface area contributed by atoms with E-state index in [2.05, 4.69) is 46.5 Å². The minimum atomic E-state index is -0.162. The van der Waals surface area contributed by atoms with Gasteiger partial charge in [-0.1, -0.05) is 0 Å². The molecule has 0 bridgehead atoms. The molecule has 1 heterocycles. The Morgan fingerprint density at radius 2 is 1.84 bits per heavy atom. The first-order valence-electron chi connectivity index (χ1n) is 8.52. The summed E-state index contributed by atoms with van der Waals surface area (Å²) in [7, 11) is 1.60. The molecule has 0 atom stereocenters. The average Bonchev–Trinajstić information content (AvgIpc) is 2.64. The molecule has 2 aromatic rings. The molecule has 2 N–H and O–H groups in total. The van der Waals surface area contributed by atoms with Gasteiger partial charge in [0.25, 0.3) is 5.91 Å². The van der Waals surface area contributed by atoms with Gasteiger partial charge in [-0.25, -0.2) is 0 Å².